The second kappa shape index (κ2) is 6.64. The molecule has 2 bridgehead atoms. The predicted octanol–water partition coefficient (Wildman–Crippen LogP) is 3.24. The van der Waals surface area contributed by atoms with Crippen molar-refractivity contribution < 1.29 is 19.4 Å². The lowest BCUT2D eigenvalue weighted by Gasteiger charge is -2.51. The van der Waals surface area contributed by atoms with Crippen molar-refractivity contribution in [3.05, 3.63) is 48.8 Å². The summed E-state index contributed by atoms with van der Waals surface area (Å²) in [6, 6.07) is 1.62. The van der Waals surface area contributed by atoms with E-state index in [2.05, 4.69) is 13.8 Å². The van der Waals surface area contributed by atoms with Gasteiger partial charge >= 0.3 is 5.97 Å². The van der Waals surface area contributed by atoms with Crippen LogP contribution in [0.25, 0.3) is 0 Å². The molecule has 4 rings (SSSR count). The average molecular weight is 414 g/mol. The van der Waals surface area contributed by atoms with E-state index in [-0.39, 0.29) is 40.1 Å². The van der Waals surface area contributed by atoms with Gasteiger partial charge in [-0.2, -0.15) is 0 Å². The Morgan fingerprint density at radius 2 is 1.83 bits per heavy atom. The molecule has 2 aliphatic carbocycles. The molecule has 162 valence electrons. The minimum atomic E-state index is -1.04. The molecule has 6 nitrogen and oxygen atoms in total. The summed E-state index contributed by atoms with van der Waals surface area (Å²) in [4.78, 5) is 39.2. The topological polar surface area (TPSA) is 89.9 Å². The van der Waals surface area contributed by atoms with Crippen LogP contribution >= 0.6 is 0 Å². The van der Waals surface area contributed by atoms with E-state index in [1.165, 1.54) is 0 Å². The zero-order valence-electron chi connectivity index (χ0n) is 18.5. The van der Waals surface area contributed by atoms with Crippen LogP contribution in [0.15, 0.2) is 15.7 Å². The molecule has 1 aromatic carbocycles. The van der Waals surface area contributed by atoms with E-state index >= 15 is 0 Å². The van der Waals surface area contributed by atoms with Crippen LogP contribution in [-0.2, 0) is 19.7 Å². The Hall–Kier alpha value is -2.21. The third kappa shape index (κ3) is 2.49. The first-order chi connectivity index (χ1) is 14.0. The van der Waals surface area contributed by atoms with Crippen molar-refractivity contribution >= 4 is 5.97 Å². The first-order valence-corrected chi connectivity index (χ1v) is 10.7. The standard InChI is InChI=1S/C24H30O6/c1-11(2)14-17(26)15-13(10-12(3)16(25)18(14)27)19(29-6)20-21-23(4,5)8-7-9-24(15,21)22(28)30-20/h10-11,19-21,26H,7-9H2,1-6H3/t19-,20+,21-,24-/m0/s1. The maximum absolute atomic E-state index is 13.4. The molecule has 2 fully saturated rings. The summed E-state index contributed by atoms with van der Waals surface area (Å²) in [5, 5.41) is 11.5. The third-order valence-corrected chi connectivity index (χ3v) is 7.54. The fraction of sp³-hybridized carbons (Fsp3) is 0.625. The van der Waals surface area contributed by atoms with E-state index in [0.717, 1.165) is 12.8 Å². The minimum Gasteiger partial charge on any atom is -0.507 e. The zero-order valence-corrected chi connectivity index (χ0v) is 18.5. The fourth-order valence-electron chi connectivity index (χ4n) is 6.39. The molecule has 0 spiro atoms. The maximum Gasteiger partial charge on any atom is 0.317 e. The van der Waals surface area contributed by atoms with Gasteiger partial charge in [0.15, 0.2) is 0 Å². The van der Waals surface area contributed by atoms with Gasteiger partial charge in [0.25, 0.3) is 0 Å². The largest absolute Gasteiger partial charge is 0.507 e. The molecule has 1 N–H and O–H groups in total. The van der Waals surface area contributed by atoms with E-state index in [1.54, 1.807) is 33.9 Å². The van der Waals surface area contributed by atoms with Gasteiger partial charge in [0.1, 0.15) is 23.4 Å². The summed E-state index contributed by atoms with van der Waals surface area (Å²) in [5.41, 5.74) is -1.28. The quantitative estimate of drug-likeness (QED) is 0.590. The molecule has 1 saturated heterocycles. The zero-order chi connectivity index (χ0) is 22.2. The number of aryl methyl sites for hydroxylation is 1. The lowest BCUT2D eigenvalue weighted by molar-refractivity contribution is -0.149. The van der Waals surface area contributed by atoms with Crippen molar-refractivity contribution in [3.8, 4) is 5.75 Å². The number of rotatable bonds is 2. The van der Waals surface area contributed by atoms with Crippen LogP contribution in [-0.4, -0.2) is 24.3 Å². The Labute approximate surface area is 176 Å². The van der Waals surface area contributed by atoms with Gasteiger partial charge in [0.2, 0.25) is 10.9 Å². The van der Waals surface area contributed by atoms with Gasteiger partial charge in [-0.3, -0.25) is 14.4 Å². The highest BCUT2D eigenvalue weighted by atomic mass is 16.6. The third-order valence-electron chi connectivity index (χ3n) is 7.54. The number of fused-ring (bicyclic) bond motifs is 1. The summed E-state index contributed by atoms with van der Waals surface area (Å²) in [7, 11) is 1.54. The van der Waals surface area contributed by atoms with Gasteiger partial charge in [-0.15, -0.1) is 0 Å². The van der Waals surface area contributed by atoms with Gasteiger partial charge < -0.3 is 14.6 Å². The SMILES string of the molecule is CO[C@H]1c2cc(C)c(=O)c(=O)c(C(C)C)c(O)c2[C@@]23CCCC(C)(C)[C@@H]2[C@@H]1OC3=O. The number of methoxy groups -OCH3 is 1. The number of aromatic hydroxyl groups is 1. The smallest absolute Gasteiger partial charge is 0.317 e. The Morgan fingerprint density at radius 3 is 2.43 bits per heavy atom. The van der Waals surface area contributed by atoms with Crippen LogP contribution in [0.5, 0.6) is 5.75 Å². The number of hydrogen-bond donors (Lipinski definition) is 1. The molecular formula is C24H30O6. The molecule has 0 aromatic heterocycles. The summed E-state index contributed by atoms with van der Waals surface area (Å²) in [6.07, 6.45) is 1.16. The number of carbonyl (C=O) groups is 1. The Kier molecular flexibility index (Phi) is 4.66. The van der Waals surface area contributed by atoms with Crippen LogP contribution < -0.4 is 10.9 Å². The lowest BCUT2D eigenvalue weighted by atomic mass is 9.49. The number of ether oxygens (including phenoxy) is 2. The highest BCUT2D eigenvalue weighted by molar-refractivity contribution is 5.89. The van der Waals surface area contributed by atoms with Crippen molar-refractivity contribution in [3.63, 3.8) is 0 Å². The first-order valence-electron chi connectivity index (χ1n) is 10.7. The first kappa shape index (κ1) is 21.0. The van der Waals surface area contributed by atoms with Crippen LogP contribution in [0, 0.1) is 18.3 Å². The molecular weight excluding hydrogens is 384 g/mol. The Morgan fingerprint density at radius 1 is 1.17 bits per heavy atom. The maximum atomic E-state index is 13.4. The van der Waals surface area contributed by atoms with Crippen LogP contribution in [0.3, 0.4) is 0 Å². The molecule has 0 amide bonds. The lowest BCUT2D eigenvalue weighted by Crippen LogP contribution is -2.54. The van der Waals surface area contributed by atoms with Gasteiger partial charge in [-0.25, -0.2) is 0 Å². The Balaban J connectivity index is 2.25. The summed E-state index contributed by atoms with van der Waals surface area (Å²) in [6.45, 7) is 9.38. The molecule has 1 aromatic rings. The predicted molar refractivity (Wildman–Crippen MR) is 112 cm³/mol. The molecule has 1 aliphatic heterocycles. The van der Waals surface area contributed by atoms with Gasteiger partial charge in [0.05, 0.1) is 0 Å². The summed E-state index contributed by atoms with van der Waals surface area (Å²) >= 11 is 0. The molecule has 0 radical (unpaired) electrons. The number of carbonyl (C=O) groups excluding carboxylic acids is 1. The highest BCUT2D eigenvalue weighted by Gasteiger charge is 2.70. The van der Waals surface area contributed by atoms with E-state index in [4.69, 9.17) is 9.47 Å². The molecule has 30 heavy (non-hydrogen) atoms. The summed E-state index contributed by atoms with van der Waals surface area (Å²) < 4.78 is 11.7. The van der Waals surface area contributed by atoms with Gasteiger partial charge in [-0.05, 0) is 42.7 Å². The molecule has 3 aliphatic rings. The van der Waals surface area contributed by atoms with Crippen molar-refractivity contribution in [2.45, 2.75) is 77.4 Å². The van der Waals surface area contributed by atoms with Crippen molar-refractivity contribution in [1.82, 2.24) is 0 Å². The molecule has 4 atom stereocenters. The average Bonchev–Trinajstić information content (AvgIpc) is 2.90. The number of hydrogen-bond acceptors (Lipinski definition) is 6. The van der Waals surface area contributed by atoms with Crippen molar-refractivity contribution in [1.29, 1.82) is 0 Å². The van der Waals surface area contributed by atoms with Crippen LogP contribution in [0.2, 0.25) is 0 Å². The normalized spacial score (nSPS) is 31.2. The van der Waals surface area contributed by atoms with Crippen molar-refractivity contribution in [2.24, 2.45) is 11.3 Å². The van der Waals surface area contributed by atoms with E-state index in [1.807, 2.05) is 0 Å². The van der Waals surface area contributed by atoms with Gasteiger partial charge in [-0.1, -0.05) is 34.1 Å². The van der Waals surface area contributed by atoms with Crippen molar-refractivity contribution in [2.75, 3.05) is 7.11 Å². The van der Waals surface area contributed by atoms with E-state index < -0.39 is 28.5 Å². The molecule has 1 saturated carbocycles. The molecule has 6 heteroatoms. The van der Waals surface area contributed by atoms with E-state index in [9.17, 15) is 19.5 Å². The second-order valence-corrected chi connectivity index (χ2v) is 10.1. The van der Waals surface area contributed by atoms with Crippen LogP contribution in [0.4, 0.5) is 0 Å². The fourth-order valence-corrected chi connectivity index (χ4v) is 6.39. The molecule has 1 heterocycles. The molecule has 0 unspecified atom stereocenters. The summed E-state index contributed by atoms with van der Waals surface area (Å²) in [5.74, 6) is -1.19. The minimum absolute atomic E-state index is 0.0597. The monoisotopic (exact) mass is 414 g/mol. The number of esters is 1. The van der Waals surface area contributed by atoms with Crippen LogP contribution in [0.1, 0.15) is 81.2 Å². The van der Waals surface area contributed by atoms with E-state index in [0.29, 0.717) is 17.5 Å². The van der Waals surface area contributed by atoms with Gasteiger partial charge in [0, 0.05) is 29.7 Å². The highest BCUT2D eigenvalue weighted by Crippen LogP contribution is 2.65. The second-order valence-electron chi connectivity index (χ2n) is 10.1. The Bertz CT molecular complexity index is 1060.